The lowest BCUT2D eigenvalue weighted by Crippen LogP contribution is -2.14. The third-order valence-corrected chi connectivity index (χ3v) is 3.30. The van der Waals surface area contributed by atoms with Crippen molar-refractivity contribution >= 4 is 0 Å². The van der Waals surface area contributed by atoms with Crippen molar-refractivity contribution in [3.05, 3.63) is 29.6 Å². The van der Waals surface area contributed by atoms with E-state index in [1.807, 2.05) is 0 Å². The maximum atomic E-state index is 12.8. The van der Waals surface area contributed by atoms with Crippen LogP contribution >= 0.6 is 0 Å². The van der Waals surface area contributed by atoms with Crippen LogP contribution in [0.4, 0.5) is 13.2 Å². The van der Waals surface area contributed by atoms with Gasteiger partial charge in [-0.15, -0.1) is 0 Å². The van der Waals surface area contributed by atoms with Crippen LogP contribution in [0.2, 0.25) is 0 Å². The number of aliphatic hydroxyl groups excluding tert-OH is 1. The Bertz CT molecular complexity index is 417. The molecule has 0 saturated carbocycles. The van der Waals surface area contributed by atoms with Crippen molar-refractivity contribution < 1.29 is 23.0 Å². The summed E-state index contributed by atoms with van der Waals surface area (Å²) in [4.78, 5) is 3.67. The van der Waals surface area contributed by atoms with E-state index in [0.29, 0.717) is 13.0 Å². The molecule has 1 fully saturated rings. The quantitative estimate of drug-likeness (QED) is 0.918. The van der Waals surface area contributed by atoms with Crippen molar-refractivity contribution in [3.63, 3.8) is 0 Å². The van der Waals surface area contributed by atoms with E-state index >= 15 is 0 Å². The number of rotatable bonds is 4. The summed E-state index contributed by atoms with van der Waals surface area (Å²) in [5.41, 5.74) is -0.977. The summed E-state index contributed by atoms with van der Waals surface area (Å²) in [5.74, 6) is 0. The van der Waals surface area contributed by atoms with Gasteiger partial charge in [0.05, 0.1) is 17.8 Å². The molecule has 0 aromatic carbocycles. The summed E-state index contributed by atoms with van der Waals surface area (Å²) in [7, 11) is 0. The van der Waals surface area contributed by atoms with Crippen LogP contribution in [0, 0.1) is 0 Å². The van der Waals surface area contributed by atoms with Gasteiger partial charge in [-0.3, -0.25) is 4.98 Å². The molecular weight excluding hydrogens is 259 g/mol. The Balaban J connectivity index is 2.03. The average molecular weight is 275 g/mol. The van der Waals surface area contributed by atoms with Gasteiger partial charge in [-0.1, -0.05) is 0 Å². The van der Waals surface area contributed by atoms with Crippen molar-refractivity contribution in [2.75, 3.05) is 6.61 Å². The van der Waals surface area contributed by atoms with E-state index in [2.05, 4.69) is 4.98 Å². The minimum absolute atomic E-state index is 0.0562. The van der Waals surface area contributed by atoms with E-state index < -0.39 is 17.8 Å². The summed E-state index contributed by atoms with van der Waals surface area (Å²) < 4.78 is 43.7. The molecule has 0 radical (unpaired) electrons. The van der Waals surface area contributed by atoms with Crippen molar-refractivity contribution in [3.8, 4) is 0 Å². The maximum Gasteiger partial charge on any atom is 0.416 e. The minimum atomic E-state index is -4.47. The third kappa shape index (κ3) is 3.67. The van der Waals surface area contributed by atoms with E-state index in [-0.39, 0.29) is 18.1 Å². The number of hydrogen-bond donors (Lipinski definition) is 1. The average Bonchev–Trinajstić information content (AvgIpc) is 2.88. The van der Waals surface area contributed by atoms with Gasteiger partial charge < -0.3 is 9.84 Å². The molecule has 1 N–H and O–H groups in total. The summed E-state index contributed by atoms with van der Waals surface area (Å²) in [5, 5.41) is 9.93. The van der Waals surface area contributed by atoms with E-state index in [4.69, 9.17) is 4.74 Å². The van der Waals surface area contributed by atoms with Crippen LogP contribution in [-0.4, -0.2) is 22.8 Å². The number of aromatic nitrogens is 1. The smallest absolute Gasteiger partial charge is 0.388 e. The second kappa shape index (κ2) is 5.88. The van der Waals surface area contributed by atoms with E-state index in [0.717, 1.165) is 31.3 Å². The second-order valence-electron chi connectivity index (χ2n) is 4.69. The fourth-order valence-electron chi connectivity index (χ4n) is 2.30. The molecule has 1 aromatic rings. The molecule has 2 atom stereocenters. The molecule has 2 heterocycles. The van der Waals surface area contributed by atoms with E-state index in [1.54, 1.807) is 0 Å². The molecule has 106 valence electrons. The van der Waals surface area contributed by atoms with Gasteiger partial charge in [-0.05, 0) is 31.7 Å². The van der Waals surface area contributed by atoms with Gasteiger partial charge in [0.25, 0.3) is 0 Å². The molecule has 1 aromatic heterocycles. The first-order valence-corrected chi connectivity index (χ1v) is 6.29. The molecule has 3 nitrogen and oxygen atoms in total. The molecule has 2 unspecified atom stereocenters. The molecule has 0 aliphatic carbocycles. The second-order valence-corrected chi connectivity index (χ2v) is 4.69. The number of hydrogen-bond acceptors (Lipinski definition) is 3. The number of halogens is 3. The molecule has 19 heavy (non-hydrogen) atoms. The molecule has 0 spiro atoms. The van der Waals surface area contributed by atoms with E-state index in [1.165, 1.54) is 0 Å². The first kappa shape index (κ1) is 14.3. The lowest BCUT2D eigenvalue weighted by molar-refractivity contribution is -0.139. The van der Waals surface area contributed by atoms with Crippen LogP contribution < -0.4 is 0 Å². The normalized spacial score (nSPS) is 21.6. The molecule has 0 amide bonds. The SMILES string of the molecule is OC(CCC1CCCO1)c1cnccc1C(F)(F)F. The van der Waals surface area contributed by atoms with Gasteiger partial charge >= 0.3 is 6.18 Å². The molecule has 0 bridgehead atoms. The Labute approximate surface area is 109 Å². The minimum Gasteiger partial charge on any atom is -0.388 e. The molecular formula is C13H16F3NO2. The zero-order chi connectivity index (χ0) is 13.9. The van der Waals surface area contributed by atoms with Gasteiger partial charge in [-0.2, -0.15) is 13.2 Å². The van der Waals surface area contributed by atoms with Crippen molar-refractivity contribution in [2.24, 2.45) is 0 Å². The highest BCUT2D eigenvalue weighted by atomic mass is 19.4. The zero-order valence-corrected chi connectivity index (χ0v) is 10.4. The highest BCUT2D eigenvalue weighted by Gasteiger charge is 2.35. The zero-order valence-electron chi connectivity index (χ0n) is 10.4. The number of pyridine rings is 1. The van der Waals surface area contributed by atoms with Gasteiger partial charge in [0.2, 0.25) is 0 Å². The largest absolute Gasteiger partial charge is 0.416 e. The Morgan fingerprint density at radius 1 is 1.47 bits per heavy atom. The standard InChI is InChI=1S/C13H16F3NO2/c14-13(15,16)11-5-6-17-8-10(11)12(18)4-3-9-2-1-7-19-9/h5-6,8-9,12,18H,1-4,7H2. The van der Waals surface area contributed by atoms with Crippen LogP contribution in [-0.2, 0) is 10.9 Å². The molecule has 1 saturated heterocycles. The van der Waals surface area contributed by atoms with Crippen LogP contribution in [0.3, 0.4) is 0 Å². The number of aliphatic hydroxyl groups is 1. The number of alkyl halides is 3. The molecule has 2 rings (SSSR count). The summed E-state index contributed by atoms with van der Waals surface area (Å²) in [6.45, 7) is 0.696. The summed E-state index contributed by atoms with van der Waals surface area (Å²) in [6.07, 6.45) is -0.707. The lowest BCUT2D eigenvalue weighted by atomic mass is 9.99. The van der Waals surface area contributed by atoms with Crippen LogP contribution in [0.5, 0.6) is 0 Å². The van der Waals surface area contributed by atoms with Gasteiger partial charge in [-0.25, -0.2) is 0 Å². The summed E-state index contributed by atoms with van der Waals surface area (Å²) in [6, 6.07) is 0.893. The van der Waals surface area contributed by atoms with Crippen molar-refractivity contribution in [1.29, 1.82) is 0 Å². The topological polar surface area (TPSA) is 42.4 Å². The van der Waals surface area contributed by atoms with Gasteiger partial charge in [0.1, 0.15) is 0 Å². The highest BCUT2D eigenvalue weighted by molar-refractivity contribution is 5.28. The monoisotopic (exact) mass is 275 g/mol. The van der Waals surface area contributed by atoms with Crippen LogP contribution in [0.1, 0.15) is 42.9 Å². The number of nitrogens with zero attached hydrogens (tertiary/aromatic N) is 1. The molecule has 1 aliphatic heterocycles. The third-order valence-electron chi connectivity index (χ3n) is 3.30. The fraction of sp³-hybridized carbons (Fsp3) is 0.615. The Morgan fingerprint density at radius 3 is 2.89 bits per heavy atom. The molecule has 6 heteroatoms. The van der Waals surface area contributed by atoms with Crippen molar-refractivity contribution in [2.45, 2.75) is 44.1 Å². The highest BCUT2D eigenvalue weighted by Crippen LogP contribution is 2.35. The Kier molecular flexibility index (Phi) is 4.42. The van der Waals surface area contributed by atoms with Crippen LogP contribution in [0.15, 0.2) is 18.5 Å². The first-order chi connectivity index (χ1) is 8.98. The predicted molar refractivity (Wildman–Crippen MR) is 62.4 cm³/mol. The Hall–Kier alpha value is -1.14. The number of ether oxygens (including phenoxy) is 1. The van der Waals surface area contributed by atoms with E-state index in [9.17, 15) is 18.3 Å². The fourth-order valence-corrected chi connectivity index (χ4v) is 2.30. The van der Waals surface area contributed by atoms with Crippen molar-refractivity contribution in [1.82, 2.24) is 4.98 Å². The Morgan fingerprint density at radius 2 is 2.26 bits per heavy atom. The first-order valence-electron chi connectivity index (χ1n) is 6.29. The molecule has 1 aliphatic rings. The summed E-state index contributed by atoms with van der Waals surface area (Å²) >= 11 is 0. The van der Waals surface area contributed by atoms with Crippen LogP contribution in [0.25, 0.3) is 0 Å². The van der Waals surface area contributed by atoms with Gasteiger partial charge in [0, 0.05) is 24.6 Å². The van der Waals surface area contributed by atoms with Gasteiger partial charge in [0.15, 0.2) is 0 Å². The predicted octanol–water partition coefficient (Wildman–Crippen LogP) is 3.09. The lowest BCUT2D eigenvalue weighted by Gasteiger charge is -2.18. The maximum absolute atomic E-state index is 12.8.